The monoisotopic (exact) mass is 397 g/mol. The van der Waals surface area contributed by atoms with Gasteiger partial charge in [0.25, 0.3) is 5.91 Å². The largest absolute Gasteiger partial charge is 0.337 e. The number of carbonyl (C=O) groups excluding carboxylic acids is 1. The van der Waals surface area contributed by atoms with Crippen molar-refractivity contribution in [2.24, 2.45) is 0 Å². The molecule has 0 bridgehead atoms. The van der Waals surface area contributed by atoms with Crippen molar-refractivity contribution < 1.29 is 9.69 Å². The molecule has 5 heteroatoms. The third kappa shape index (κ3) is 4.00. The molecule has 0 radical (unpaired) electrons. The van der Waals surface area contributed by atoms with Gasteiger partial charge in [-0.3, -0.25) is 4.79 Å². The van der Waals surface area contributed by atoms with Crippen LogP contribution in [0.4, 0.5) is 0 Å². The number of hydrogen-bond acceptors (Lipinski definition) is 3. The maximum atomic E-state index is 13.0. The van der Waals surface area contributed by atoms with Crippen LogP contribution in [0.1, 0.15) is 32.5 Å². The van der Waals surface area contributed by atoms with Gasteiger partial charge >= 0.3 is 0 Å². The number of aryl methyl sites for hydroxylation is 1. The van der Waals surface area contributed by atoms with E-state index in [9.17, 15) is 4.79 Å². The van der Waals surface area contributed by atoms with Crippen LogP contribution in [0.15, 0.2) is 53.2 Å². The minimum atomic E-state index is 0.214. The standard InChI is InChI=1S/C22H24N2OS2/c1-16-5-7-17(8-6-16)14-23(2)21(25)15-24-11-9-19-18(10-13-27-19)22(24)20-4-3-12-26-20/h3-8,10,12-13,22H,9,11,14-15H2,1-2H3/p+1/t22-/m0/s1. The molecule has 2 aromatic heterocycles. The molecule has 3 nitrogen and oxygen atoms in total. The van der Waals surface area contributed by atoms with Gasteiger partial charge in [0.1, 0.15) is 6.04 Å². The van der Waals surface area contributed by atoms with Gasteiger partial charge in [-0.15, -0.1) is 22.7 Å². The van der Waals surface area contributed by atoms with Crippen LogP contribution in [0.5, 0.6) is 0 Å². The third-order valence-electron chi connectivity index (χ3n) is 5.34. The predicted molar refractivity (Wildman–Crippen MR) is 113 cm³/mol. The highest BCUT2D eigenvalue weighted by molar-refractivity contribution is 7.10. The molecule has 1 N–H and O–H groups in total. The molecule has 1 aliphatic heterocycles. The van der Waals surface area contributed by atoms with Crippen molar-refractivity contribution >= 4 is 28.6 Å². The zero-order valence-corrected chi connectivity index (χ0v) is 17.4. The Labute approximate surface area is 168 Å². The normalized spacial score (nSPS) is 18.9. The summed E-state index contributed by atoms with van der Waals surface area (Å²) in [6.07, 6.45) is 1.07. The van der Waals surface area contributed by atoms with Gasteiger partial charge in [0.05, 0.1) is 11.4 Å². The van der Waals surface area contributed by atoms with E-state index < -0.39 is 0 Å². The second kappa shape index (κ2) is 7.97. The van der Waals surface area contributed by atoms with Crippen molar-refractivity contribution in [2.45, 2.75) is 25.9 Å². The van der Waals surface area contributed by atoms with Crippen LogP contribution < -0.4 is 4.90 Å². The highest BCUT2D eigenvalue weighted by Gasteiger charge is 2.35. The second-order valence-corrected chi connectivity index (χ2v) is 9.30. The first-order chi connectivity index (χ1) is 13.1. The average molecular weight is 398 g/mol. The summed E-state index contributed by atoms with van der Waals surface area (Å²) in [4.78, 5) is 19.0. The quantitative estimate of drug-likeness (QED) is 0.702. The van der Waals surface area contributed by atoms with Gasteiger partial charge in [-0.05, 0) is 35.4 Å². The van der Waals surface area contributed by atoms with Gasteiger partial charge < -0.3 is 9.80 Å². The SMILES string of the molecule is Cc1ccc(CN(C)C(=O)C[NH+]2CCc3sccc3[C@H]2c2cccs2)cc1. The first kappa shape index (κ1) is 18.4. The van der Waals surface area contributed by atoms with Crippen molar-refractivity contribution in [2.75, 3.05) is 20.1 Å². The van der Waals surface area contributed by atoms with Crippen molar-refractivity contribution in [1.29, 1.82) is 0 Å². The van der Waals surface area contributed by atoms with Gasteiger partial charge in [-0.25, -0.2) is 0 Å². The molecule has 0 saturated carbocycles. The Morgan fingerprint density at radius 3 is 2.70 bits per heavy atom. The number of fused-ring (bicyclic) bond motifs is 1. The van der Waals surface area contributed by atoms with Crippen LogP contribution in [0.2, 0.25) is 0 Å². The summed E-state index contributed by atoms with van der Waals surface area (Å²) in [6.45, 7) is 4.31. The highest BCUT2D eigenvalue weighted by atomic mass is 32.1. The van der Waals surface area contributed by atoms with E-state index in [0.29, 0.717) is 13.1 Å². The molecule has 3 aromatic rings. The molecule has 0 saturated heterocycles. The van der Waals surface area contributed by atoms with Crippen molar-refractivity contribution in [1.82, 2.24) is 4.90 Å². The fraction of sp³-hybridized carbons (Fsp3) is 0.318. The molecule has 4 rings (SSSR count). The lowest BCUT2D eigenvalue weighted by molar-refractivity contribution is -0.919. The van der Waals surface area contributed by atoms with Gasteiger partial charge in [0.2, 0.25) is 0 Å². The Kier molecular flexibility index (Phi) is 5.43. The Hall–Kier alpha value is -1.95. The number of nitrogens with zero attached hydrogens (tertiary/aromatic N) is 1. The second-order valence-electron chi connectivity index (χ2n) is 7.32. The summed E-state index contributed by atoms with van der Waals surface area (Å²) in [5, 5.41) is 4.33. The van der Waals surface area contributed by atoms with Crippen LogP contribution in [0.3, 0.4) is 0 Å². The Morgan fingerprint density at radius 2 is 1.96 bits per heavy atom. The lowest BCUT2D eigenvalue weighted by Gasteiger charge is -2.32. The number of likely N-dealkylation sites (N-methyl/N-ethyl adjacent to an activating group) is 1. The summed E-state index contributed by atoms with van der Waals surface area (Å²) < 4.78 is 0. The van der Waals surface area contributed by atoms with Crippen LogP contribution in [-0.2, 0) is 17.8 Å². The van der Waals surface area contributed by atoms with Crippen LogP contribution in [-0.4, -0.2) is 30.9 Å². The van der Waals surface area contributed by atoms with Crippen molar-refractivity contribution in [3.8, 4) is 0 Å². The van der Waals surface area contributed by atoms with Gasteiger partial charge in [0, 0.05) is 30.5 Å². The summed E-state index contributed by atoms with van der Waals surface area (Å²) >= 11 is 3.65. The van der Waals surface area contributed by atoms with E-state index in [0.717, 1.165) is 13.0 Å². The first-order valence-corrected chi connectivity index (χ1v) is 11.1. The maximum Gasteiger partial charge on any atom is 0.277 e. The smallest absolute Gasteiger partial charge is 0.277 e. The van der Waals surface area contributed by atoms with Gasteiger partial charge in [0.15, 0.2) is 6.54 Å². The molecule has 3 heterocycles. The topological polar surface area (TPSA) is 24.8 Å². The summed E-state index contributed by atoms with van der Waals surface area (Å²) in [7, 11) is 1.92. The molecule has 27 heavy (non-hydrogen) atoms. The number of benzene rings is 1. The Morgan fingerprint density at radius 1 is 1.15 bits per heavy atom. The summed E-state index contributed by atoms with van der Waals surface area (Å²) in [5.41, 5.74) is 3.84. The van der Waals surface area contributed by atoms with Gasteiger partial charge in [-0.2, -0.15) is 0 Å². The molecular weight excluding hydrogens is 372 g/mol. The molecular formula is C22H25N2OS2+. The minimum absolute atomic E-state index is 0.214. The average Bonchev–Trinajstić information content (AvgIpc) is 3.35. The minimum Gasteiger partial charge on any atom is -0.337 e. The lowest BCUT2D eigenvalue weighted by atomic mass is 9.98. The number of amides is 1. The van der Waals surface area contributed by atoms with Crippen molar-refractivity contribution in [3.05, 3.63) is 79.7 Å². The van der Waals surface area contributed by atoms with Crippen LogP contribution in [0, 0.1) is 6.92 Å². The van der Waals surface area contributed by atoms with E-state index in [1.165, 1.54) is 31.3 Å². The molecule has 140 valence electrons. The van der Waals surface area contributed by atoms with Crippen molar-refractivity contribution in [3.63, 3.8) is 0 Å². The predicted octanol–water partition coefficient (Wildman–Crippen LogP) is 3.31. The molecule has 1 amide bonds. The fourth-order valence-corrected chi connectivity index (χ4v) is 5.66. The van der Waals surface area contributed by atoms with E-state index in [1.54, 1.807) is 11.3 Å². The molecule has 1 aliphatic rings. The molecule has 1 aromatic carbocycles. The van der Waals surface area contributed by atoms with E-state index in [4.69, 9.17) is 0 Å². The summed E-state index contributed by atoms with van der Waals surface area (Å²) in [5.74, 6) is 0.214. The number of hydrogen-bond donors (Lipinski definition) is 1. The third-order valence-corrected chi connectivity index (χ3v) is 7.28. The zero-order chi connectivity index (χ0) is 18.8. The van der Waals surface area contributed by atoms with Crippen LogP contribution in [0.25, 0.3) is 0 Å². The maximum absolute atomic E-state index is 13.0. The summed E-state index contributed by atoms with van der Waals surface area (Å²) in [6, 6.07) is 15.3. The number of carbonyl (C=O) groups is 1. The van der Waals surface area contributed by atoms with Crippen LogP contribution >= 0.6 is 22.7 Å². The molecule has 0 fully saturated rings. The Balaban J connectivity index is 1.49. The van der Waals surface area contributed by atoms with E-state index >= 15 is 0 Å². The number of rotatable bonds is 5. The highest BCUT2D eigenvalue weighted by Crippen LogP contribution is 2.31. The van der Waals surface area contributed by atoms with E-state index in [-0.39, 0.29) is 11.9 Å². The van der Waals surface area contributed by atoms with Gasteiger partial charge in [-0.1, -0.05) is 35.9 Å². The molecule has 0 aliphatic carbocycles. The first-order valence-electron chi connectivity index (χ1n) is 9.35. The lowest BCUT2D eigenvalue weighted by Crippen LogP contribution is -3.14. The molecule has 1 unspecified atom stereocenters. The number of quaternary nitrogens is 1. The molecule has 0 spiro atoms. The zero-order valence-electron chi connectivity index (χ0n) is 15.8. The van der Waals surface area contributed by atoms with E-state index in [1.807, 2.05) is 23.3 Å². The Bertz CT molecular complexity index is 899. The number of nitrogens with one attached hydrogen (secondary N) is 1. The van der Waals surface area contributed by atoms with E-state index in [2.05, 4.69) is 60.1 Å². The number of thiophene rings is 2. The molecule has 2 atom stereocenters. The fourth-order valence-electron chi connectivity index (χ4n) is 3.83.